The summed E-state index contributed by atoms with van der Waals surface area (Å²) in [6.07, 6.45) is 5.05. The number of rotatable bonds is 10. The average Bonchev–Trinajstić information content (AvgIpc) is 3.52. The Bertz CT molecular complexity index is 541. The van der Waals surface area contributed by atoms with Crippen LogP contribution >= 0.6 is 0 Å². The predicted molar refractivity (Wildman–Crippen MR) is 102 cm³/mol. The summed E-state index contributed by atoms with van der Waals surface area (Å²) in [7, 11) is 0. The minimum absolute atomic E-state index is 0.225. The fraction of sp³-hybridized carbons (Fsp3) is 0.667. The molecule has 0 bridgehead atoms. The normalized spacial score (nSPS) is 20.5. The van der Waals surface area contributed by atoms with Crippen LogP contribution in [0.1, 0.15) is 37.7 Å². The maximum absolute atomic E-state index is 12.4. The van der Waals surface area contributed by atoms with E-state index in [4.69, 9.17) is 4.74 Å². The van der Waals surface area contributed by atoms with Crippen LogP contribution in [0.5, 0.6) is 0 Å². The first kappa shape index (κ1) is 19.3. The molecule has 1 saturated carbocycles. The van der Waals surface area contributed by atoms with Gasteiger partial charge in [0.1, 0.15) is 6.10 Å². The standard InChI is InChI=1S/C21H32N2O3/c24-20(21(25)23-15-17-6-7-17)19(9-8-16-4-2-1-3-5-16)22-14-18-10-12-26-13-11-18/h1-5,17-20,22,24H,6-15H2,(H,23,25). The topological polar surface area (TPSA) is 70.6 Å². The van der Waals surface area contributed by atoms with Crippen molar-refractivity contribution in [2.45, 2.75) is 50.7 Å². The monoisotopic (exact) mass is 360 g/mol. The Hall–Kier alpha value is -1.43. The van der Waals surface area contributed by atoms with Crippen molar-refractivity contribution in [2.24, 2.45) is 11.8 Å². The summed E-state index contributed by atoms with van der Waals surface area (Å²) in [6, 6.07) is 10.0. The molecule has 2 aliphatic rings. The van der Waals surface area contributed by atoms with Crippen molar-refractivity contribution in [3.05, 3.63) is 35.9 Å². The van der Waals surface area contributed by atoms with Crippen molar-refractivity contribution >= 4 is 5.91 Å². The molecule has 0 radical (unpaired) electrons. The van der Waals surface area contributed by atoms with Crippen LogP contribution < -0.4 is 10.6 Å². The van der Waals surface area contributed by atoms with Gasteiger partial charge in [-0.25, -0.2) is 0 Å². The number of carbonyl (C=O) groups excluding carboxylic acids is 1. The summed E-state index contributed by atoms with van der Waals surface area (Å²) < 4.78 is 5.42. The third-order valence-electron chi connectivity index (χ3n) is 5.51. The number of aryl methyl sites for hydroxylation is 1. The number of carbonyl (C=O) groups is 1. The van der Waals surface area contributed by atoms with E-state index in [0.717, 1.165) is 45.4 Å². The lowest BCUT2D eigenvalue weighted by Gasteiger charge is -2.28. The largest absolute Gasteiger partial charge is 0.382 e. The molecule has 1 aromatic carbocycles. The first-order valence-electron chi connectivity index (χ1n) is 10.0. The first-order chi connectivity index (χ1) is 12.7. The van der Waals surface area contributed by atoms with Gasteiger partial charge in [-0.15, -0.1) is 0 Å². The summed E-state index contributed by atoms with van der Waals surface area (Å²) in [5, 5.41) is 17.0. The van der Waals surface area contributed by atoms with E-state index in [1.54, 1.807) is 0 Å². The van der Waals surface area contributed by atoms with E-state index in [1.165, 1.54) is 18.4 Å². The summed E-state index contributed by atoms with van der Waals surface area (Å²) in [5.74, 6) is 0.934. The van der Waals surface area contributed by atoms with Gasteiger partial charge in [0.15, 0.2) is 0 Å². The van der Waals surface area contributed by atoms with Crippen LogP contribution in [0, 0.1) is 11.8 Å². The van der Waals surface area contributed by atoms with E-state index >= 15 is 0 Å². The maximum atomic E-state index is 12.4. The van der Waals surface area contributed by atoms with Gasteiger partial charge in [-0.1, -0.05) is 30.3 Å². The number of aliphatic hydroxyl groups excluding tert-OH is 1. The molecule has 1 saturated heterocycles. The van der Waals surface area contributed by atoms with E-state index < -0.39 is 6.10 Å². The Morgan fingerprint density at radius 3 is 2.46 bits per heavy atom. The minimum Gasteiger partial charge on any atom is -0.382 e. The Labute approximate surface area is 156 Å². The van der Waals surface area contributed by atoms with Crippen LogP contribution in [0.3, 0.4) is 0 Å². The fourth-order valence-corrected chi connectivity index (χ4v) is 3.46. The molecule has 1 aliphatic heterocycles. The van der Waals surface area contributed by atoms with Gasteiger partial charge in [-0.05, 0) is 62.5 Å². The molecule has 1 amide bonds. The first-order valence-corrected chi connectivity index (χ1v) is 10.0. The molecule has 1 aliphatic carbocycles. The number of nitrogens with one attached hydrogen (secondary N) is 2. The number of aliphatic hydroxyl groups is 1. The van der Waals surface area contributed by atoms with Gasteiger partial charge < -0.3 is 20.5 Å². The lowest BCUT2D eigenvalue weighted by molar-refractivity contribution is -0.131. The zero-order chi connectivity index (χ0) is 18.2. The molecule has 144 valence electrons. The van der Waals surface area contributed by atoms with Gasteiger partial charge in [0.25, 0.3) is 0 Å². The molecule has 3 rings (SSSR count). The van der Waals surface area contributed by atoms with E-state index in [0.29, 0.717) is 18.4 Å². The van der Waals surface area contributed by atoms with Gasteiger partial charge >= 0.3 is 0 Å². The maximum Gasteiger partial charge on any atom is 0.250 e. The van der Waals surface area contributed by atoms with Crippen LogP contribution in [0.15, 0.2) is 30.3 Å². The van der Waals surface area contributed by atoms with E-state index in [9.17, 15) is 9.90 Å². The molecule has 0 spiro atoms. The summed E-state index contributed by atoms with van der Waals surface area (Å²) >= 11 is 0. The second kappa shape index (κ2) is 10.0. The van der Waals surface area contributed by atoms with Crippen molar-refractivity contribution < 1.29 is 14.6 Å². The van der Waals surface area contributed by atoms with Gasteiger partial charge in [-0.2, -0.15) is 0 Å². The fourth-order valence-electron chi connectivity index (χ4n) is 3.46. The molecule has 0 aromatic heterocycles. The number of benzene rings is 1. The summed E-state index contributed by atoms with van der Waals surface area (Å²) in [5.41, 5.74) is 1.23. The van der Waals surface area contributed by atoms with Crippen LogP contribution in [0.4, 0.5) is 0 Å². The zero-order valence-electron chi connectivity index (χ0n) is 15.5. The predicted octanol–water partition coefficient (Wildman–Crippen LogP) is 1.89. The lowest BCUT2D eigenvalue weighted by Crippen LogP contribution is -2.50. The quantitative estimate of drug-likeness (QED) is 0.596. The zero-order valence-corrected chi connectivity index (χ0v) is 15.5. The van der Waals surface area contributed by atoms with E-state index in [-0.39, 0.29) is 11.9 Å². The smallest absolute Gasteiger partial charge is 0.250 e. The third kappa shape index (κ3) is 6.38. The van der Waals surface area contributed by atoms with Gasteiger partial charge in [0.05, 0.1) is 0 Å². The van der Waals surface area contributed by atoms with Gasteiger partial charge in [-0.3, -0.25) is 4.79 Å². The summed E-state index contributed by atoms with van der Waals surface area (Å²) in [6.45, 7) is 3.15. The number of hydrogen-bond donors (Lipinski definition) is 3. The number of amides is 1. The number of hydrogen-bond acceptors (Lipinski definition) is 4. The molecule has 2 fully saturated rings. The molecule has 5 nitrogen and oxygen atoms in total. The highest BCUT2D eigenvalue weighted by Gasteiger charge is 2.29. The molecule has 2 atom stereocenters. The summed E-state index contributed by atoms with van der Waals surface area (Å²) in [4.78, 5) is 12.4. The Balaban J connectivity index is 1.52. The van der Waals surface area contributed by atoms with Crippen LogP contribution in [0.25, 0.3) is 0 Å². The molecule has 3 N–H and O–H groups in total. The highest BCUT2D eigenvalue weighted by atomic mass is 16.5. The van der Waals surface area contributed by atoms with Crippen molar-refractivity contribution in [1.29, 1.82) is 0 Å². The third-order valence-corrected chi connectivity index (χ3v) is 5.51. The molecular weight excluding hydrogens is 328 g/mol. The average molecular weight is 360 g/mol. The number of ether oxygens (including phenoxy) is 1. The highest BCUT2D eigenvalue weighted by Crippen LogP contribution is 2.27. The van der Waals surface area contributed by atoms with Crippen molar-refractivity contribution in [3.63, 3.8) is 0 Å². The van der Waals surface area contributed by atoms with Gasteiger partial charge in [0.2, 0.25) is 5.91 Å². The molecule has 5 heteroatoms. The van der Waals surface area contributed by atoms with E-state index in [2.05, 4.69) is 22.8 Å². The van der Waals surface area contributed by atoms with Crippen molar-refractivity contribution in [2.75, 3.05) is 26.3 Å². The Kier molecular flexibility index (Phi) is 7.47. The minimum atomic E-state index is -1.00. The second-order valence-electron chi connectivity index (χ2n) is 7.73. The molecule has 2 unspecified atom stereocenters. The molecule has 26 heavy (non-hydrogen) atoms. The van der Waals surface area contributed by atoms with Crippen molar-refractivity contribution in [1.82, 2.24) is 10.6 Å². The highest BCUT2D eigenvalue weighted by molar-refractivity contribution is 5.81. The SMILES string of the molecule is O=C(NCC1CC1)C(O)C(CCc1ccccc1)NCC1CCOCC1. The van der Waals surface area contributed by atoms with E-state index in [1.807, 2.05) is 18.2 Å². The van der Waals surface area contributed by atoms with Crippen LogP contribution in [-0.4, -0.2) is 49.5 Å². The Morgan fingerprint density at radius 1 is 1.08 bits per heavy atom. The van der Waals surface area contributed by atoms with Crippen LogP contribution in [-0.2, 0) is 16.0 Å². The molecular formula is C21H32N2O3. The second-order valence-corrected chi connectivity index (χ2v) is 7.73. The Morgan fingerprint density at radius 2 is 1.77 bits per heavy atom. The van der Waals surface area contributed by atoms with Crippen molar-refractivity contribution in [3.8, 4) is 0 Å². The van der Waals surface area contributed by atoms with Gasteiger partial charge in [0, 0.05) is 25.8 Å². The van der Waals surface area contributed by atoms with Crippen LogP contribution in [0.2, 0.25) is 0 Å². The molecule has 1 aromatic rings. The lowest BCUT2D eigenvalue weighted by atomic mass is 9.97. The molecule has 1 heterocycles.